The normalized spacial score (nSPS) is 10.2. The maximum Gasteiger partial charge on any atom is 0.258 e. The van der Waals surface area contributed by atoms with Gasteiger partial charge < -0.3 is 15.2 Å². The molecule has 3 aromatic carbocycles. The quantitative estimate of drug-likeness (QED) is 0.709. The molecular formula is C19H13N2O3S-. The zero-order valence-corrected chi connectivity index (χ0v) is 13.8. The Kier molecular flexibility index (Phi) is 4.72. The molecule has 1 amide bonds. The number of rotatable bonds is 3. The van der Waals surface area contributed by atoms with Gasteiger partial charge in [-0.05, 0) is 46.8 Å². The predicted octanol–water partition coefficient (Wildman–Crippen LogP) is 2.33. The average Bonchev–Trinajstić information content (AvgIpc) is 2.61. The first-order chi connectivity index (χ1) is 12.0. The first-order valence-electron chi connectivity index (χ1n) is 7.46. The van der Waals surface area contributed by atoms with Crippen LogP contribution < -0.4 is 15.7 Å². The smallest absolute Gasteiger partial charge is 0.258 e. The molecular weight excluding hydrogens is 336 g/mol. The highest BCUT2D eigenvalue weighted by molar-refractivity contribution is 7.80. The number of hydrogen-bond donors (Lipinski definition) is 2. The molecule has 0 aliphatic heterocycles. The van der Waals surface area contributed by atoms with Gasteiger partial charge in [-0.1, -0.05) is 48.5 Å². The van der Waals surface area contributed by atoms with E-state index >= 15 is 0 Å². The van der Waals surface area contributed by atoms with Gasteiger partial charge in [0.2, 0.25) is 0 Å². The van der Waals surface area contributed by atoms with Crippen molar-refractivity contribution < 1.29 is 14.7 Å². The van der Waals surface area contributed by atoms with Gasteiger partial charge in [0, 0.05) is 11.3 Å². The number of benzene rings is 3. The summed E-state index contributed by atoms with van der Waals surface area (Å²) in [6, 6.07) is 18.9. The van der Waals surface area contributed by atoms with E-state index in [0.717, 1.165) is 10.8 Å². The molecule has 0 bridgehead atoms. The second-order valence-electron chi connectivity index (χ2n) is 5.30. The Hall–Kier alpha value is -3.25. The fourth-order valence-corrected chi connectivity index (χ4v) is 2.66. The minimum absolute atomic E-state index is 0.0660. The number of nitrogens with one attached hydrogen (secondary N) is 2. The molecule has 25 heavy (non-hydrogen) atoms. The van der Waals surface area contributed by atoms with Gasteiger partial charge in [-0.15, -0.1) is 0 Å². The molecule has 124 valence electrons. The summed E-state index contributed by atoms with van der Waals surface area (Å²) in [4.78, 5) is 23.2. The number of carbonyl (C=O) groups excluding carboxylic acids is 2. The zero-order valence-electron chi connectivity index (χ0n) is 13.0. The highest BCUT2D eigenvalue weighted by Crippen LogP contribution is 2.18. The monoisotopic (exact) mass is 349 g/mol. The molecule has 0 aliphatic carbocycles. The number of carboxylic acids is 1. The van der Waals surface area contributed by atoms with Crippen molar-refractivity contribution >= 4 is 45.7 Å². The number of aromatic carboxylic acids is 1. The third-order valence-corrected chi connectivity index (χ3v) is 3.84. The first-order valence-corrected chi connectivity index (χ1v) is 7.87. The second kappa shape index (κ2) is 7.11. The topological polar surface area (TPSA) is 81.3 Å². The van der Waals surface area contributed by atoms with E-state index in [1.807, 2.05) is 36.4 Å². The molecule has 0 spiro atoms. The van der Waals surface area contributed by atoms with Crippen LogP contribution in [0.5, 0.6) is 0 Å². The molecule has 0 saturated carbocycles. The van der Waals surface area contributed by atoms with Crippen LogP contribution in [0.1, 0.15) is 20.7 Å². The van der Waals surface area contributed by atoms with Gasteiger partial charge in [0.25, 0.3) is 5.91 Å². The molecule has 5 nitrogen and oxygen atoms in total. The Balaban J connectivity index is 1.72. The number of hydrogen-bond acceptors (Lipinski definition) is 4. The number of fused-ring (bicyclic) bond motifs is 1. The Bertz CT molecular complexity index is 963. The standard InChI is InChI=1S/C19H14N2O3S/c22-17(16-7-3-5-12-4-1-2-6-15(12)16)21-19(25)20-14-10-8-13(9-11-14)18(23)24/h1-11H,(H,23,24)(H2,20,21,22,25)/p-1. The van der Waals surface area contributed by atoms with E-state index in [2.05, 4.69) is 10.6 Å². The summed E-state index contributed by atoms with van der Waals surface area (Å²) in [5.41, 5.74) is 1.15. The molecule has 6 heteroatoms. The molecule has 2 N–H and O–H groups in total. The summed E-state index contributed by atoms with van der Waals surface area (Å²) in [7, 11) is 0. The van der Waals surface area contributed by atoms with Crippen molar-refractivity contribution in [2.75, 3.05) is 5.32 Å². The van der Waals surface area contributed by atoms with Gasteiger partial charge in [-0.3, -0.25) is 10.1 Å². The van der Waals surface area contributed by atoms with E-state index < -0.39 is 5.97 Å². The largest absolute Gasteiger partial charge is 0.545 e. The minimum Gasteiger partial charge on any atom is -0.545 e. The molecule has 3 aromatic rings. The van der Waals surface area contributed by atoms with Crippen LogP contribution in [0.25, 0.3) is 10.8 Å². The molecule has 0 aliphatic rings. The van der Waals surface area contributed by atoms with E-state index in [0.29, 0.717) is 11.3 Å². The molecule has 3 rings (SSSR count). The lowest BCUT2D eigenvalue weighted by Gasteiger charge is -2.11. The molecule has 0 saturated heterocycles. The Morgan fingerprint density at radius 2 is 1.56 bits per heavy atom. The summed E-state index contributed by atoms with van der Waals surface area (Å²) in [6.07, 6.45) is 0. The predicted molar refractivity (Wildman–Crippen MR) is 98.4 cm³/mol. The minimum atomic E-state index is -1.25. The second-order valence-corrected chi connectivity index (χ2v) is 5.71. The highest BCUT2D eigenvalue weighted by atomic mass is 32.1. The molecule has 0 atom stereocenters. The summed E-state index contributed by atoms with van der Waals surface area (Å²) in [5, 5.41) is 18.1. The van der Waals surface area contributed by atoms with E-state index in [-0.39, 0.29) is 16.6 Å². The number of thiocarbonyl (C=S) groups is 1. The Morgan fingerprint density at radius 1 is 0.880 bits per heavy atom. The molecule has 0 heterocycles. The summed E-state index contributed by atoms with van der Waals surface area (Å²) < 4.78 is 0. The van der Waals surface area contributed by atoms with Crippen LogP contribution in [0.15, 0.2) is 66.7 Å². The van der Waals surface area contributed by atoms with Crippen molar-refractivity contribution in [3.05, 3.63) is 77.9 Å². The molecule has 0 fully saturated rings. The van der Waals surface area contributed by atoms with Crippen LogP contribution in [0.3, 0.4) is 0 Å². The van der Waals surface area contributed by atoms with Crippen molar-refractivity contribution in [2.45, 2.75) is 0 Å². The third-order valence-electron chi connectivity index (χ3n) is 3.64. The van der Waals surface area contributed by atoms with E-state index in [4.69, 9.17) is 12.2 Å². The van der Waals surface area contributed by atoms with Crippen LogP contribution in [0, 0.1) is 0 Å². The van der Waals surface area contributed by atoms with Crippen LogP contribution >= 0.6 is 12.2 Å². The van der Waals surface area contributed by atoms with Gasteiger partial charge in [0.15, 0.2) is 5.11 Å². The van der Waals surface area contributed by atoms with Crippen molar-refractivity contribution in [2.24, 2.45) is 0 Å². The van der Waals surface area contributed by atoms with Gasteiger partial charge in [-0.25, -0.2) is 0 Å². The number of carboxylic acid groups (broad SMARTS) is 1. The van der Waals surface area contributed by atoms with E-state index in [1.54, 1.807) is 18.2 Å². The van der Waals surface area contributed by atoms with E-state index in [1.165, 1.54) is 12.1 Å². The van der Waals surface area contributed by atoms with E-state index in [9.17, 15) is 14.7 Å². The lowest BCUT2D eigenvalue weighted by molar-refractivity contribution is -0.255. The fraction of sp³-hybridized carbons (Fsp3) is 0. The van der Waals surface area contributed by atoms with Gasteiger partial charge in [0.1, 0.15) is 0 Å². The molecule has 0 aromatic heterocycles. The highest BCUT2D eigenvalue weighted by Gasteiger charge is 2.11. The van der Waals surface area contributed by atoms with Gasteiger partial charge in [0.05, 0.1) is 5.97 Å². The lowest BCUT2D eigenvalue weighted by atomic mass is 10.0. The summed E-state index contributed by atoms with van der Waals surface area (Å²) >= 11 is 5.15. The maximum absolute atomic E-state index is 12.5. The third kappa shape index (κ3) is 3.81. The number of amides is 1. The first kappa shape index (κ1) is 16.6. The van der Waals surface area contributed by atoms with Crippen LogP contribution in [0.2, 0.25) is 0 Å². The van der Waals surface area contributed by atoms with Gasteiger partial charge >= 0.3 is 0 Å². The lowest BCUT2D eigenvalue weighted by Crippen LogP contribution is -2.34. The zero-order chi connectivity index (χ0) is 17.8. The van der Waals surface area contributed by atoms with Crippen LogP contribution in [-0.2, 0) is 0 Å². The Morgan fingerprint density at radius 3 is 2.28 bits per heavy atom. The van der Waals surface area contributed by atoms with Crippen molar-refractivity contribution in [3.8, 4) is 0 Å². The molecule has 0 unspecified atom stereocenters. The average molecular weight is 349 g/mol. The van der Waals surface area contributed by atoms with Crippen molar-refractivity contribution in [1.29, 1.82) is 0 Å². The van der Waals surface area contributed by atoms with Gasteiger partial charge in [-0.2, -0.15) is 0 Å². The van der Waals surface area contributed by atoms with Crippen LogP contribution in [-0.4, -0.2) is 17.0 Å². The number of anilines is 1. The molecule has 0 radical (unpaired) electrons. The SMILES string of the molecule is O=C([O-])c1ccc(NC(=S)NC(=O)c2cccc3ccccc23)cc1. The summed E-state index contributed by atoms with van der Waals surface area (Å²) in [5.74, 6) is -1.57. The maximum atomic E-state index is 12.5. The number of carbonyl (C=O) groups is 2. The fourth-order valence-electron chi connectivity index (χ4n) is 2.45. The van der Waals surface area contributed by atoms with Crippen molar-refractivity contribution in [1.82, 2.24) is 5.32 Å². The summed E-state index contributed by atoms with van der Waals surface area (Å²) in [6.45, 7) is 0. The Labute approximate surface area is 149 Å². The van der Waals surface area contributed by atoms with Crippen molar-refractivity contribution in [3.63, 3.8) is 0 Å². The van der Waals surface area contributed by atoms with Crippen LogP contribution in [0.4, 0.5) is 5.69 Å².